The van der Waals surface area contributed by atoms with Crippen molar-refractivity contribution < 1.29 is 27.0 Å². The molecule has 134 valence electrons. The minimum atomic E-state index is -3.95. The minimum absolute atomic E-state index is 0.0527. The van der Waals surface area contributed by atoms with Crippen LogP contribution in [-0.2, 0) is 14.8 Å². The average molecular weight is 359 g/mol. The molecule has 0 amide bonds. The number of nitrogens with zero attached hydrogens (tertiary/aromatic N) is 1. The number of benzene rings is 1. The lowest BCUT2D eigenvalue weighted by atomic mass is 10.1. The summed E-state index contributed by atoms with van der Waals surface area (Å²) in [5.74, 6) is -0.321. The summed E-state index contributed by atoms with van der Waals surface area (Å²) in [6, 6.07) is 2.20. The maximum absolute atomic E-state index is 14.4. The van der Waals surface area contributed by atoms with E-state index in [9.17, 15) is 12.8 Å². The van der Waals surface area contributed by atoms with Crippen LogP contribution in [0.5, 0.6) is 11.5 Å². The predicted octanol–water partition coefficient (Wildman–Crippen LogP) is 2.03. The van der Waals surface area contributed by atoms with E-state index in [4.69, 9.17) is 14.2 Å². The molecule has 1 aliphatic heterocycles. The lowest BCUT2D eigenvalue weighted by molar-refractivity contribution is 0.180. The number of hydrogen-bond donors (Lipinski definition) is 0. The summed E-state index contributed by atoms with van der Waals surface area (Å²) in [5.41, 5.74) is 0. The molecular weight excluding hydrogens is 337 g/mol. The number of methoxy groups -OCH3 is 2. The monoisotopic (exact) mass is 359 g/mol. The summed E-state index contributed by atoms with van der Waals surface area (Å²) in [5, 5.41) is 0. The topological polar surface area (TPSA) is 65.1 Å². The molecule has 6 nitrogen and oxygen atoms in total. The van der Waals surface area contributed by atoms with E-state index in [1.807, 2.05) is 0 Å². The van der Waals surface area contributed by atoms with Crippen LogP contribution in [0.15, 0.2) is 17.0 Å². The van der Waals surface area contributed by atoms with Gasteiger partial charge in [-0.15, -0.1) is 0 Å². The highest BCUT2D eigenvalue weighted by Gasteiger charge is 2.41. The smallest absolute Gasteiger partial charge is 0.246 e. The zero-order valence-corrected chi connectivity index (χ0v) is 14.6. The zero-order valence-electron chi connectivity index (χ0n) is 13.8. The molecule has 0 N–H and O–H groups in total. The van der Waals surface area contributed by atoms with E-state index in [0.717, 1.165) is 25.3 Å². The summed E-state index contributed by atoms with van der Waals surface area (Å²) in [6.07, 6.45) is 2.44. The number of hydrogen-bond acceptors (Lipinski definition) is 5. The quantitative estimate of drug-likeness (QED) is 0.745. The molecule has 24 heavy (non-hydrogen) atoms. The Kier molecular flexibility index (Phi) is 4.98. The molecule has 3 rings (SSSR count). The van der Waals surface area contributed by atoms with E-state index in [0.29, 0.717) is 19.8 Å². The molecule has 0 radical (unpaired) electrons. The Bertz CT molecular complexity index is 699. The predicted molar refractivity (Wildman–Crippen MR) is 85.3 cm³/mol. The second-order valence-corrected chi connectivity index (χ2v) is 8.03. The molecular formula is C16H22FNO5S. The first-order valence-corrected chi connectivity index (χ1v) is 9.42. The van der Waals surface area contributed by atoms with Crippen molar-refractivity contribution >= 4 is 10.0 Å². The molecule has 0 bridgehead atoms. The van der Waals surface area contributed by atoms with Crippen molar-refractivity contribution in [3.05, 3.63) is 17.9 Å². The first-order chi connectivity index (χ1) is 11.5. The SMILES string of the molecule is COc1cc(F)c(S(=O)(=O)N(C[C@@H]2CCOC2)C2CC2)cc1OC. The van der Waals surface area contributed by atoms with Crippen LogP contribution < -0.4 is 9.47 Å². The van der Waals surface area contributed by atoms with Gasteiger partial charge < -0.3 is 14.2 Å². The second kappa shape index (κ2) is 6.85. The van der Waals surface area contributed by atoms with E-state index in [2.05, 4.69) is 0 Å². The maximum Gasteiger partial charge on any atom is 0.246 e. The lowest BCUT2D eigenvalue weighted by Crippen LogP contribution is -2.37. The van der Waals surface area contributed by atoms with E-state index in [1.54, 1.807) is 0 Å². The second-order valence-electron chi connectivity index (χ2n) is 6.17. The van der Waals surface area contributed by atoms with Gasteiger partial charge in [-0.3, -0.25) is 0 Å². The van der Waals surface area contributed by atoms with Crippen LogP contribution in [0.2, 0.25) is 0 Å². The molecule has 2 fully saturated rings. The minimum Gasteiger partial charge on any atom is -0.493 e. The summed E-state index contributed by atoms with van der Waals surface area (Å²) >= 11 is 0. The Hall–Kier alpha value is -1.38. The van der Waals surface area contributed by atoms with Gasteiger partial charge in [-0.2, -0.15) is 4.31 Å². The van der Waals surface area contributed by atoms with Crippen molar-refractivity contribution in [2.45, 2.75) is 30.2 Å². The fourth-order valence-corrected chi connectivity index (χ4v) is 4.77. The third-order valence-electron chi connectivity index (χ3n) is 4.44. The molecule has 1 saturated carbocycles. The van der Waals surface area contributed by atoms with E-state index in [-0.39, 0.29) is 28.4 Å². The average Bonchev–Trinajstić information content (AvgIpc) is 3.27. The molecule has 1 saturated heterocycles. The fraction of sp³-hybridized carbons (Fsp3) is 0.625. The number of sulfonamides is 1. The molecule has 0 aromatic heterocycles. The van der Waals surface area contributed by atoms with Gasteiger partial charge in [0.05, 0.1) is 20.8 Å². The zero-order chi connectivity index (χ0) is 17.3. The highest BCUT2D eigenvalue weighted by atomic mass is 32.2. The van der Waals surface area contributed by atoms with Crippen molar-refractivity contribution in [3.63, 3.8) is 0 Å². The van der Waals surface area contributed by atoms with Gasteiger partial charge in [0.1, 0.15) is 10.7 Å². The van der Waals surface area contributed by atoms with E-state index in [1.165, 1.54) is 24.6 Å². The number of halogens is 1. The number of rotatable bonds is 7. The van der Waals surface area contributed by atoms with Gasteiger partial charge in [0.15, 0.2) is 11.5 Å². The Labute approximate surface area is 141 Å². The van der Waals surface area contributed by atoms with Crippen LogP contribution in [0.25, 0.3) is 0 Å². The largest absolute Gasteiger partial charge is 0.493 e. The Morgan fingerprint density at radius 3 is 2.42 bits per heavy atom. The summed E-state index contributed by atoms with van der Waals surface area (Å²) in [4.78, 5) is -0.369. The molecule has 1 atom stereocenters. The molecule has 1 heterocycles. The first-order valence-electron chi connectivity index (χ1n) is 7.98. The molecule has 0 unspecified atom stereocenters. The van der Waals surface area contributed by atoms with Crippen LogP contribution in [0.3, 0.4) is 0 Å². The number of ether oxygens (including phenoxy) is 3. The molecule has 1 aromatic carbocycles. The Morgan fingerprint density at radius 2 is 1.88 bits per heavy atom. The van der Waals surface area contributed by atoms with Crippen molar-refractivity contribution in [1.29, 1.82) is 0 Å². The highest BCUT2D eigenvalue weighted by Crippen LogP contribution is 2.37. The normalized spacial score (nSPS) is 21.2. The standard InChI is InChI=1S/C16H22FNO5S/c1-21-14-7-13(17)16(8-15(14)22-2)24(19,20)18(12-3-4-12)9-11-5-6-23-10-11/h7-8,11-12H,3-6,9-10H2,1-2H3/t11-/m0/s1. The lowest BCUT2D eigenvalue weighted by Gasteiger charge is -2.25. The van der Waals surface area contributed by atoms with Crippen molar-refractivity contribution in [2.75, 3.05) is 34.0 Å². The van der Waals surface area contributed by atoms with Crippen LogP contribution >= 0.6 is 0 Å². The van der Waals surface area contributed by atoms with Gasteiger partial charge in [0, 0.05) is 31.3 Å². The van der Waals surface area contributed by atoms with E-state index >= 15 is 0 Å². The van der Waals surface area contributed by atoms with Gasteiger partial charge >= 0.3 is 0 Å². The van der Waals surface area contributed by atoms with Crippen LogP contribution in [0, 0.1) is 11.7 Å². The van der Waals surface area contributed by atoms with Crippen molar-refractivity contribution in [2.24, 2.45) is 5.92 Å². The molecule has 0 spiro atoms. The first kappa shape index (κ1) is 17.4. The van der Waals surface area contributed by atoms with Crippen molar-refractivity contribution in [1.82, 2.24) is 4.31 Å². The third kappa shape index (κ3) is 3.36. The summed E-state index contributed by atoms with van der Waals surface area (Å²) < 4.78 is 57.4. The van der Waals surface area contributed by atoms with Gasteiger partial charge in [-0.1, -0.05) is 0 Å². The van der Waals surface area contributed by atoms with Gasteiger partial charge in [0.25, 0.3) is 0 Å². The van der Waals surface area contributed by atoms with Gasteiger partial charge in [-0.25, -0.2) is 12.8 Å². The molecule has 1 aliphatic carbocycles. The highest BCUT2D eigenvalue weighted by molar-refractivity contribution is 7.89. The summed E-state index contributed by atoms with van der Waals surface area (Å²) in [6.45, 7) is 1.56. The fourth-order valence-electron chi connectivity index (χ4n) is 2.95. The molecule has 1 aromatic rings. The van der Waals surface area contributed by atoms with Crippen LogP contribution in [0.1, 0.15) is 19.3 Å². The molecule has 2 aliphatic rings. The van der Waals surface area contributed by atoms with Crippen LogP contribution in [0.4, 0.5) is 4.39 Å². The molecule has 8 heteroatoms. The Balaban J connectivity index is 1.95. The van der Waals surface area contributed by atoms with Gasteiger partial charge in [0.2, 0.25) is 10.0 Å². The van der Waals surface area contributed by atoms with Crippen LogP contribution in [-0.4, -0.2) is 52.7 Å². The maximum atomic E-state index is 14.4. The van der Waals surface area contributed by atoms with E-state index < -0.39 is 15.8 Å². The van der Waals surface area contributed by atoms with Gasteiger partial charge in [-0.05, 0) is 25.2 Å². The Morgan fingerprint density at radius 1 is 1.21 bits per heavy atom. The summed E-state index contributed by atoms with van der Waals surface area (Å²) in [7, 11) is -1.18. The van der Waals surface area contributed by atoms with Crippen molar-refractivity contribution in [3.8, 4) is 11.5 Å². The third-order valence-corrected chi connectivity index (χ3v) is 6.37.